The van der Waals surface area contributed by atoms with Crippen molar-refractivity contribution in [1.82, 2.24) is 0 Å². The molecule has 0 aliphatic rings. The number of aryl methyl sites for hydroxylation is 1. The number of thioether (sulfide) groups is 1. The number of rotatable bonds is 7. The van der Waals surface area contributed by atoms with Crippen molar-refractivity contribution in [3.63, 3.8) is 0 Å². The highest BCUT2D eigenvalue weighted by Gasteiger charge is 2.07. The van der Waals surface area contributed by atoms with Crippen LogP contribution >= 0.6 is 11.8 Å². The molecule has 27 heavy (non-hydrogen) atoms. The van der Waals surface area contributed by atoms with Gasteiger partial charge in [-0.25, -0.2) is 0 Å². The van der Waals surface area contributed by atoms with E-state index in [9.17, 15) is 4.79 Å². The van der Waals surface area contributed by atoms with E-state index in [1.54, 1.807) is 18.9 Å². The van der Waals surface area contributed by atoms with E-state index < -0.39 is 0 Å². The fourth-order valence-electron chi connectivity index (χ4n) is 2.81. The minimum absolute atomic E-state index is 0.0222. The lowest BCUT2D eigenvalue weighted by Crippen LogP contribution is -2.14. The molecule has 0 atom stereocenters. The smallest absolute Gasteiger partial charge is 0.228 e. The van der Waals surface area contributed by atoms with Crippen molar-refractivity contribution >= 4 is 23.4 Å². The molecule has 0 radical (unpaired) electrons. The second-order valence-electron chi connectivity index (χ2n) is 6.33. The quantitative estimate of drug-likeness (QED) is 0.554. The molecule has 0 bridgehead atoms. The minimum Gasteiger partial charge on any atom is -0.496 e. The third-order valence-corrected chi connectivity index (χ3v) is 5.29. The van der Waals surface area contributed by atoms with Crippen LogP contribution in [0.2, 0.25) is 0 Å². The number of nitrogens with one attached hydrogen (secondary N) is 1. The Kier molecular flexibility index (Phi) is 6.55. The Morgan fingerprint density at radius 2 is 1.67 bits per heavy atom. The van der Waals surface area contributed by atoms with E-state index in [0.717, 1.165) is 28.3 Å². The van der Waals surface area contributed by atoms with Crippen molar-refractivity contribution in [2.45, 2.75) is 24.0 Å². The van der Waals surface area contributed by atoms with Gasteiger partial charge in [0.05, 0.1) is 13.5 Å². The van der Waals surface area contributed by atoms with E-state index in [1.807, 2.05) is 55.5 Å². The molecule has 3 rings (SSSR count). The molecule has 4 heteroatoms. The van der Waals surface area contributed by atoms with Gasteiger partial charge in [-0.1, -0.05) is 42.5 Å². The Labute approximate surface area is 164 Å². The van der Waals surface area contributed by atoms with Crippen LogP contribution in [0, 0.1) is 6.92 Å². The molecule has 0 spiro atoms. The molecule has 0 heterocycles. The lowest BCUT2D eigenvalue weighted by Gasteiger charge is -2.09. The number of hydrogen-bond acceptors (Lipinski definition) is 3. The van der Waals surface area contributed by atoms with Crippen LogP contribution < -0.4 is 10.1 Å². The van der Waals surface area contributed by atoms with Gasteiger partial charge in [-0.3, -0.25) is 4.79 Å². The first-order valence-corrected chi connectivity index (χ1v) is 9.83. The Balaban J connectivity index is 1.53. The summed E-state index contributed by atoms with van der Waals surface area (Å²) in [5.74, 6) is 1.72. The normalized spacial score (nSPS) is 10.4. The molecule has 138 valence electrons. The van der Waals surface area contributed by atoms with Gasteiger partial charge in [0, 0.05) is 16.3 Å². The van der Waals surface area contributed by atoms with Crippen LogP contribution in [0.3, 0.4) is 0 Å². The Bertz CT molecular complexity index is 892. The largest absolute Gasteiger partial charge is 0.496 e. The van der Waals surface area contributed by atoms with Gasteiger partial charge < -0.3 is 10.1 Å². The van der Waals surface area contributed by atoms with Crippen LogP contribution in [-0.4, -0.2) is 13.0 Å². The molecule has 0 fully saturated rings. The van der Waals surface area contributed by atoms with E-state index in [-0.39, 0.29) is 5.91 Å². The van der Waals surface area contributed by atoms with Crippen molar-refractivity contribution in [3.05, 3.63) is 89.5 Å². The lowest BCUT2D eigenvalue weighted by molar-refractivity contribution is -0.115. The van der Waals surface area contributed by atoms with E-state index in [2.05, 4.69) is 29.6 Å². The molecule has 0 aliphatic carbocycles. The summed E-state index contributed by atoms with van der Waals surface area (Å²) in [4.78, 5) is 13.6. The van der Waals surface area contributed by atoms with Crippen molar-refractivity contribution in [2.24, 2.45) is 0 Å². The molecular formula is C23H23NO2S. The van der Waals surface area contributed by atoms with E-state index >= 15 is 0 Å². The summed E-state index contributed by atoms with van der Waals surface area (Å²) >= 11 is 1.80. The Hall–Kier alpha value is -2.72. The second kappa shape index (κ2) is 9.28. The highest BCUT2D eigenvalue weighted by atomic mass is 32.2. The highest BCUT2D eigenvalue weighted by Crippen LogP contribution is 2.23. The predicted octanol–water partition coefficient (Wildman–Crippen LogP) is 5.48. The molecule has 1 amide bonds. The van der Waals surface area contributed by atoms with Crippen molar-refractivity contribution < 1.29 is 9.53 Å². The van der Waals surface area contributed by atoms with Crippen molar-refractivity contribution in [2.75, 3.05) is 12.4 Å². The van der Waals surface area contributed by atoms with Gasteiger partial charge >= 0.3 is 0 Å². The summed E-state index contributed by atoms with van der Waals surface area (Å²) in [5.41, 5.74) is 4.05. The standard InChI is InChI=1S/C23H23NO2S/c1-17-14-19(10-13-22(17)26-2)15-23(25)24-20-11-8-18(9-12-20)16-27-21-6-4-3-5-7-21/h3-14H,15-16H2,1-2H3,(H,24,25). The van der Waals surface area contributed by atoms with Crippen LogP contribution in [0.5, 0.6) is 5.75 Å². The van der Waals surface area contributed by atoms with Crippen LogP contribution in [0.4, 0.5) is 5.69 Å². The monoisotopic (exact) mass is 377 g/mol. The fraction of sp³-hybridized carbons (Fsp3) is 0.174. The first-order valence-electron chi connectivity index (χ1n) is 8.84. The molecule has 3 nitrogen and oxygen atoms in total. The Morgan fingerprint density at radius 1 is 0.963 bits per heavy atom. The third-order valence-electron chi connectivity index (χ3n) is 4.21. The first kappa shape index (κ1) is 19.1. The maximum atomic E-state index is 12.3. The topological polar surface area (TPSA) is 38.3 Å². The SMILES string of the molecule is COc1ccc(CC(=O)Nc2ccc(CSc3ccccc3)cc2)cc1C. The number of ether oxygens (including phenoxy) is 1. The number of carbonyl (C=O) groups is 1. The highest BCUT2D eigenvalue weighted by molar-refractivity contribution is 7.98. The number of hydrogen-bond donors (Lipinski definition) is 1. The first-order chi connectivity index (χ1) is 13.1. The van der Waals surface area contributed by atoms with Crippen molar-refractivity contribution in [1.29, 1.82) is 0 Å². The molecule has 0 aromatic heterocycles. The summed E-state index contributed by atoms with van der Waals surface area (Å²) in [6.07, 6.45) is 0.344. The zero-order valence-corrected chi connectivity index (χ0v) is 16.4. The summed E-state index contributed by atoms with van der Waals surface area (Å²) in [7, 11) is 1.65. The van der Waals surface area contributed by atoms with Gasteiger partial charge in [0.25, 0.3) is 0 Å². The van der Waals surface area contributed by atoms with Gasteiger partial charge in [-0.05, 0) is 53.9 Å². The van der Waals surface area contributed by atoms with E-state index in [1.165, 1.54) is 10.5 Å². The molecule has 1 N–H and O–H groups in total. The average molecular weight is 378 g/mol. The van der Waals surface area contributed by atoms with Gasteiger partial charge in [-0.15, -0.1) is 11.8 Å². The average Bonchev–Trinajstić information content (AvgIpc) is 2.68. The molecular weight excluding hydrogens is 354 g/mol. The number of methoxy groups -OCH3 is 1. The summed E-state index contributed by atoms with van der Waals surface area (Å²) in [6.45, 7) is 1.98. The maximum absolute atomic E-state index is 12.3. The van der Waals surface area contributed by atoms with E-state index in [4.69, 9.17) is 4.74 Å². The molecule has 0 aliphatic heterocycles. The molecule has 3 aromatic carbocycles. The number of benzene rings is 3. The van der Waals surface area contributed by atoms with Crippen LogP contribution in [0.1, 0.15) is 16.7 Å². The maximum Gasteiger partial charge on any atom is 0.228 e. The van der Waals surface area contributed by atoms with Crippen LogP contribution in [-0.2, 0) is 17.0 Å². The van der Waals surface area contributed by atoms with Gasteiger partial charge in [0.15, 0.2) is 0 Å². The van der Waals surface area contributed by atoms with Crippen LogP contribution in [0.25, 0.3) is 0 Å². The third kappa shape index (κ3) is 5.63. The zero-order valence-electron chi connectivity index (χ0n) is 15.6. The number of amides is 1. The fourth-order valence-corrected chi connectivity index (χ4v) is 3.68. The molecule has 0 saturated carbocycles. The molecule has 0 saturated heterocycles. The molecule has 3 aromatic rings. The zero-order chi connectivity index (χ0) is 19.1. The second-order valence-corrected chi connectivity index (χ2v) is 7.38. The summed E-state index contributed by atoms with van der Waals surface area (Å²) in [5, 5.41) is 2.96. The summed E-state index contributed by atoms with van der Waals surface area (Å²) in [6, 6.07) is 24.2. The number of carbonyl (C=O) groups excluding carboxylic acids is 1. The van der Waals surface area contributed by atoms with Crippen molar-refractivity contribution in [3.8, 4) is 5.75 Å². The lowest BCUT2D eigenvalue weighted by atomic mass is 10.1. The predicted molar refractivity (Wildman–Crippen MR) is 113 cm³/mol. The van der Waals surface area contributed by atoms with E-state index in [0.29, 0.717) is 6.42 Å². The van der Waals surface area contributed by atoms with Crippen LogP contribution in [0.15, 0.2) is 77.7 Å². The Morgan fingerprint density at radius 3 is 2.33 bits per heavy atom. The van der Waals surface area contributed by atoms with Gasteiger partial charge in [-0.2, -0.15) is 0 Å². The summed E-state index contributed by atoms with van der Waals surface area (Å²) < 4.78 is 5.26. The molecule has 0 unspecified atom stereocenters. The minimum atomic E-state index is -0.0222. The van der Waals surface area contributed by atoms with Gasteiger partial charge in [0.1, 0.15) is 5.75 Å². The number of anilines is 1. The van der Waals surface area contributed by atoms with Gasteiger partial charge in [0.2, 0.25) is 5.91 Å².